The molecule has 27 heavy (non-hydrogen) atoms. The van der Waals surface area contributed by atoms with Crippen molar-refractivity contribution in [2.45, 2.75) is 26.9 Å². The lowest BCUT2D eigenvalue weighted by atomic mass is 10.2. The normalized spacial score (nSPS) is 11.2. The van der Waals surface area contributed by atoms with Crippen LogP contribution in [0.3, 0.4) is 0 Å². The zero-order valence-electron chi connectivity index (χ0n) is 15.4. The van der Waals surface area contributed by atoms with Crippen LogP contribution in [0.5, 0.6) is 0 Å². The van der Waals surface area contributed by atoms with E-state index >= 15 is 0 Å². The first kappa shape index (κ1) is 17.0. The molecule has 0 spiro atoms. The third-order valence-electron chi connectivity index (χ3n) is 4.48. The van der Waals surface area contributed by atoms with Gasteiger partial charge in [0, 0.05) is 55.4 Å². The van der Waals surface area contributed by atoms with Gasteiger partial charge in [0.25, 0.3) is 5.91 Å². The van der Waals surface area contributed by atoms with Gasteiger partial charge in [-0.25, -0.2) is 9.50 Å². The van der Waals surface area contributed by atoms with Gasteiger partial charge in [-0.1, -0.05) is 0 Å². The highest BCUT2D eigenvalue weighted by atomic mass is 16.1. The SMILES string of the molecule is CCn1ncc(-c2ccnc3cc(C(=O)NCc4cnn(C)c4)nn23)c1C. The first-order valence-corrected chi connectivity index (χ1v) is 8.70. The molecule has 4 rings (SSSR count). The summed E-state index contributed by atoms with van der Waals surface area (Å²) in [6, 6.07) is 3.56. The van der Waals surface area contributed by atoms with Gasteiger partial charge in [0.2, 0.25) is 0 Å². The molecule has 0 radical (unpaired) electrons. The van der Waals surface area contributed by atoms with E-state index in [4.69, 9.17) is 0 Å². The highest BCUT2D eigenvalue weighted by molar-refractivity contribution is 5.93. The van der Waals surface area contributed by atoms with Crippen molar-refractivity contribution in [3.05, 3.63) is 53.9 Å². The van der Waals surface area contributed by atoms with Crippen LogP contribution < -0.4 is 5.32 Å². The van der Waals surface area contributed by atoms with Crippen LogP contribution in [-0.4, -0.2) is 40.1 Å². The van der Waals surface area contributed by atoms with Crippen molar-refractivity contribution >= 4 is 11.6 Å². The van der Waals surface area contributed by atoms with Crippen molar-refractivity contribution in [2.75, 3.05) is 0 Å². The molecule has 0 saturated heterocycles. The van der Waals surface area contributed by atoms with Gasteiger partial charge < -0.3 is 5.32 Å². The molecule has 0 bridgehead atoms. The van der Waals surface area contributed by atoms with Gasteiger partial charge in [-0.05, 0) is 19.9 Å². The van der Waals surface area contributed by atoms with E-state index in [1.165, 1.54) is 0 Å². The Labute approximate surface area is 155 Å². The number of aryl methyl sites for hydroxylation is 2. The maximum atomic E-state index is 12.5. The molecule has 0 aliphatic carbocycles. The van der Waals surface area contributed by atoms with Crippen molar-refractivity contribution in [3.63, 3.8) is 0 Å². The number of fused-ring (bicyclic) bond motifs is 1. The predicted molar refractivity (Wildman–Crippen MR) is 99.0 cm³/mol. The average molecular weight is 364 g/mol. The number of hydrogen-bond donors (Lipinski definition) is 1. The molecule has 9 heteroatoms. The number of rotatable bonds is 5. The Hall–Kier alpha value is -3.49. The first-order chi connectivity index (χ1) is 13.1. The van der Waals surface area contributed by atoms with Crippen LogP contribution in [0.1, 0.15) is 28.7 Å². The molecule has 4 aromatic rings. The average Bonchev–Trinajstić information content (AvgIpc) is 3.37. The van der Waals surface area contributed by atoms with Crippen LogP contribution in [0.15, 0.2) is 36.9 Å². The van der Waals surface area contributed by atoms with Gasteiger partial charge in [0.1, 0.15) is 0 Å². The summed E-state index contributed by atoms with van der Waals surface area (Å²) in [7, 11) is 1.84. The Morgan fingerprint density at radius 1 is 1.26 bits per heavy atom. The van der Waals surface area contributed by atoms with Gasteiger partial charge in [-0.3, -0.25) is 14.2 Å². The van der Waals surface area contributed by atoms with E-state index in [0.29, 0.717) is 17.9 Å². The molecule has 4 heterocycles. The van der Waals surface area contributed by atoms with Crippen LogP contribution in [0.4, 0.5) is 0 Å². The Balaban J connectivity index is 1.64. The highest BCUT2D eigenvalue weighted by Gasteiger charge is 2.16. The molecule has 138 valence electrons. The molecular formula is C18H20N8O. The smallest absolute Gasteiger partial charge is 0.272 e. The van der Waals surface area contributed by atoms with Crippen molar-refractivity contribution < 1.29 is 4.79 Å². The summed E-state index contributed by atoms with van der Waals surface area (Å²) in [4.78, 5) is 16.8. The van der Waals surface area contributed by atoms with Gasteiger partial charge in [0.05, 0.1) is 18.1 Å². The number of hydrogen-bond acceptors (Lipinski definition) is 5. The molecule has 4 aromatic heterocycles. The fourth-order valence-electron chi connectivity index (χ4n) is 3.06. The molecule has 0 atom stereocenters. The summed E-state index contributed by atoms with van der Waals surface area (Å²) in [6.07, 6.45) is 7.11. The van der Waals surface area contributed by atoms with Gasteiger partial charge in [-0.2, -0.15) is 15.3 Å². The largest absolute Gasteiger partial charge is 0.346 e. The van der Waals surface area contributed by atoms with Crippen LogP contribution in [0.2, 0.25) is 0 Å². The van der Waals surface area contributed by atoms with Crippen molar-refractivity contribution in [1.82, 2.24) is 39.5 Å². The van der Waals surface area contributed by atoms with Crippen LogP contribution in [0.25, 0.3) is 16.9 Å². The van der Waals surface area contributed by atoms with Crippen molar-refractivity contribution in [1.29, 1.82) is 0 Å². The Morgan fingerprint density at radius 2 is 2.11 bits per heavy atom. The number of nitrogens with zero attached hydrogens (tertiary/aromatic N) is 7. The molecule has 9 nitrogen and oxygen atoms in total. The van der Waals surface area contributed by atoms with Crippen LogP contribution in [0, 0.1) is 6.92 Å². The fraction of sp³-hybridized carbons (Fsp3) is 0.278. The minimum absolute atomic E-state index is 0.253. The molecule has 0 aliphatic heterocycles. The van der Waals surface area contributed by atoms with Crippen LogP contribution in [-0.2, 0) is 20.1 Å². The second kappa shape index (κ2) is 6.67. The quantitative estimate of drug-likeness (QED) is 0.580. The predicted octanol–water partition coefficient (Wildman–Crippen LogP) is 1.58. The van der Waals surface area contributed by atoms with Gasteiger partial charge in [-0.15, -0.1) is 0 Å². The van der Waals surface area contributed by atoms with E-state index in [1.54, 1.807) is 27.7 Å². The summed E-state index contributed by atoms with van der Waals surface area (Å²) in [6.45, 7) is 5.25. The number of carbonyl (C=O) groups excluding carboxylic acids is 1. The molecule has 0 unspecified atom stereocenters. The Kier molecular flexibility index (Phi) is 4.19. The Morgan fingerprint density at radius 3 is 2.81 bits per heavy atom. The van der Waals surface area contributed by atoms with Gasteiger partial charge >= 0.3 is 0 Å². The Bertz CT molecular complexity index is 1120. The second-order valence-corrected chi connectivity index (χ2v) is 6.29. The highest BCUT2D eigenvalue weighted by Crippen LogP contribution is 2.23. The van der Waals surface area contributed by atoms with E-state index in [9.17, 15) is 4.79 Å². The van der Waals surface area contributed by atoms with E-state index < -0.39 is 0 Å². The number of carbonyl (C=O) groups is 1. The summed E-state index contributed by atoms with van der Waals surface area (Å²) < 4.78 is 5.30. The molecule has 0 aromatic carbocycles. The lowest BCUT2D eigenvalue weighted by Gasteiger charge is -2.04. The van der Waals surface area contributed by atoms with E-state index in [-0.39, 0.29) is 5.91 Å². The summed E-state index contributed by atoms with van der Waals surface area (Å²) in [5, 5.41) is 15.8. The third-order valence-corrected chi connectivity index (χ3v) is 4.48. The summed E-state index contributed by atoms with van der Waals surface area (Å²) in [5.74, 6) is -0.253. The third kappa shape index (κ3) is 3.07. The first-order valence-electron chi connectivity index (χ1n) is 8.70. The molecule has 0 saturated carbocycles. The molecular weight excluding hydrogens is 344 g/mol. The topological polar surface area (TPSA) is 94.9 Å². The fourth-order valence-corrected chi connectivity index (χ4v) is 3.06. The summed E-state index contributed by atoms with van der Waals surface area (Å²) in [5.41, 5.74) is 4.72. The minimum atomic E-state index is -0.253. The summed E-state index contributed by atoms with van der Waals surface area (Å²) >= 11 is 0. The van der Waals surface area contributed by atoms with E-state index in [1.807, 2.05) is 44.0 Å². The molecule has 1 amide bonds. The minimum Gasteiger partial charge on any atom is -0.346 e. The second-order valence-electron chi connectivity index (χ2n) is 6.29. The molecule has 1 N–H and O–H groups in total. The lowest BCUT2D eigenvalue weighted by Crippen LogP contribution is -2.23. The zero-order chi connectivity index (χ0) is 19.0. The monoisotopic (exact) mass is 364 g/mol. The maximum absolute atomic E-state index is 12.5. The van der Waals surface area contributed by atoms with Crippen molar-refractivity contribution in [2.24, 2.45) is 7.05 Å². The maximum Gasteiger partial charge on any atom is 0.272 e. The number of aromatic nitrogens is 7. The van der Waals surface area contributed by atoms with Crippen molar-refractivity contribution in [3.8, 4) is 11.3 Å². The molecule has 0 aliphatic rings. The van der Waals surface area contributed by atoms with Crippen LogP contribution >= 0.6 is 0 Å². The number of nitrogens with one attached hydrogen (secondary N) is 1. The lowest BCUT2D eigenvalue weighted by molar-refractivity contribution is 0.0945. The molecule has 0 fully saturated rings. The number of amides is 1. The van der Waals surface area contributed by atoms with Gasteiger partial charge in [0.15, 0.2) is 11.3 Å². The van der Waals surface area contributed by atoms with E-state index in [2.05, 4.69) is 25.6 Å². The van der Waals surface area contributed by atoms with E-state index in [0.717, 1.165) is 29.1 Å². The zero-order valence-corrected chi connectivity index (χ0v) is 15.4. The standard InChI is InChI=1S/C18H20N8O/c1-4-25-12(2)14(10-22-25)16-5-6-19-17-7-15(23-26(16)17)18(27)20-8-13-9-21-24(3)11-13/h5-7,9-11H,4,8H2,1-3H3,(H,20,27).